The van der Waals surface area contributed by atoms with Crippen LogP contribution in [-0.2, 0) is 51.2 Å². The molecule has 48 heavy (non-hydrogen) atoms. The molecule has 2 aromatic carbocycles. The van der Waals surface area contributed by atoms with Crippen molar-refractivity contribution in [2.24, 2.45) is 0 Å². The summed E-state index contributed by atoms with van der Waals surface area (Å²) in [7, 11) is 0. The van der Waals surface area contributed by atoms with E-state index in [1.807, 2.05) is 48.5 Å². The lowest BCUT2D eigenvalue weighted by atomic mass is 10.2. The number of hydrogen-bond acceptors (Lipinski definition) is 16. The Balaban J connectivity index is 0.000000260. The van der Waals surface area contributed by atoms with Gasteiger partial charge < -0.3 is 69.3 Å². The summed E-state index contributed by atoms with van der Waals surface area (Å²) in [5.41, 5.74) is 1.62. The highest BCUT2D eigenvalue weighted by atomic mass is 16.6. The third kappa shape index (κ3) is 10.9. The Morgan fingerprint density at radius 3 is 1.38 bits per heavy atom. The number of esters is 2. The van der Waals surface area contributed by atoms with Crippen LogP contribution in [0.1, 0.15) is 11.1 Å². The van der Waals surface area contributed by atoms with Crippen LogP contribution in [0.2, 0.25) is 0 Å². The first-order chi connectivity index (χ1) is 23.1. The standard InChI is InChI=1S/2C16H20O8/c17-6-11(19)9-23-14-13(12(20)7-18)24-16(21)15(14)22-8-10-4-2-1-3-5-10;17-6-11(19)9-23-15-14(13(12(20)7-18)24-16(15)21)22-8-10-4-2-1-3-5-10/h2*1-5,11-13,17-20H,6-9H2/t2*11?,12-,13+/m00/s1. The SMILES string of the molecule is O=C1O[C@H]([C@@H](O)CO)C(OCC(O)CO)=C1OCc1ccccc1.O=C1O[C@H]([C@@H](O)CO)C(OCc2ccccc2)=C1OCC(O)CO. The highest BCUT2D eigenvalue weighted by Crippen LogP contribution is 2.29. The van der Waals surface area contributed by atoms with Gasteiger partial charge in [-0.3, -0.25) is 0 Å². The zero-order chi connectivity index (χ0) is 35.1. The number of aliphatic hydroxyl groups is 8. The lowest BCUT2D eigenvalue weighted by Gasteiger charge is -2.19. The fraction of sp³-hybridized carbons (Fsp3) is 0.438. The Bertz CT molecular complexity index is 1350. The van der Waals surface area contributed by atoms with E-state index in [0.29, 0.717) is 0 Å². The fourth-order valence-corrected chi connectivity index (χ4v) is 4.09. The van der Waals surface area contributed by atoms with Crippen molar-refractivity contribution in [1.29, 1.82) is 0 Å². The maximum absolute atomic E-state index is 12.0. The molecular weight excluding hydrogens is 640 g/mol. The molecule has 0 spiro atoms. The van der Waals surface area contributed by atoms with E-state index >= 15 is 0 Å². The average Bonchev–Trinajstić information content (AvgIpc) is 3.62. The molecule has 2 aromatic rings. The molecule has 2 aliphatic heterocycles. The molecule has 0 bridgehead atoms. The van der Waals surface area contributed by atoms with E-state index in [1.54, 1.807) is 12.1 Å². The zero-order valence-electron chi connectivity index (χ0n) is 25.7. The van der Waals surface area contributed by atoms with Crippen molar-refractivity contribution in [2.45, 2.75) is 49.8 Å². The van der Waals surface area contributed by atoms with Crippen molar-refractivity contribution in [3.63, 3.8) is 0 Å². The molecular formula is C32H40O16. The van der Waals surface area contributed by atoms with Gasteiger partial charge in [-0.1, -0.05) is 60.7 Å². The molecule has 0 amide bonds. The van der Waals surface area contributed by atoms with Crippen molar-refractivity contribution in [1.82, 2.24) is 0 Å². The van der Waals surface area contributed by atoms with Crippen LogP contribution < -0.4 is 0 Å². The maximum atomic E-state index is 12.0. The molecule has 0 saturated carbocycles. The second kappa shape index (κ2) is 19.5. The molecule has 16 nitrogen and oxygen atoms in total. The minimum Gasteiger partial charge on any atom is -0.487 e. The topological polar surface area (TPSA) is 251 Å². The molecule has 2 heterocycles. The number of cyclic esters (lactones) is 2. The minimum absolute atomic E-state index is 0.0597. The number of hydrogen-bond donors (Lipinski definition) is 8. The first kappa shape index (κ1) is 38.2. The average molecular weight is 681 g/mol. The van der Waals surface area contributed by atoms with Crippen LogP contribution in [0.25, 0.3) is 0 Å². The smallest absolute Gasteiger partial charge is 0.378 e. The van der Waals surface area contributed by atoms with E-state index in [9.17, 15) is 30.0 Å². The number of carbonyl (C=O) groups excluding carboxylic acids is 2. The summed E-state index contributed by atoms with van der Waals surface area (Å²) in [6.45, 7) is -2.86. The second-order valence-electron chi connectivity index (χ2n) is 10.4. The molecule has 2 unspecified atom stereocenters. The van der Waals surface area contributed by atoms with Crippen molar-refractivity contribution in [2.75, 3.05) is 39.6 Å². The van der Waals surface area contributed by atoms with Crippen LogP contribution in [0.4, 0.5) is 0 Å². The minimum atomic E-state index is -1.40. The molecule has 264 valence electrons. The molecule has 0 aliphatic carbocycles. The lowest BCUT2D eigenvalue weighted by molar-refractivity contribution is -0.149. The van der Waals surface area contributed by atoms with Crippen molar-refractivity contribution in [3.05, 3.63) is 94.8 Å². The lowest BCUT2D eigenvalue weighted by Crippen LogP contribution is -2.33. The van der Waals surface area contributed by atoms with Crippen molar-refractivity contribution in [3.8, 4) is 0 Å². The van der Waals surface area contributed by atoms with Crippen LogP contribution >= 0.6 is 0 Å². The van der Waals surface area contributed by atoms with Crippen LogP contribution in [0.3, 0.4) is 0 Å². The van der Waals surface area contributed by atoms with Crippen LogP contribution in [0, 0.1) is 0 Å². The van der Waals surface area contributed by atoms with Crippen LogP contribution in [0.5, 0.6) is 0 Å². The fourth-order valence-electron chi connectivity index (χ4n) is 4.09. The van der Waals surface area contributed by atoms with E-state index in [1.165, 1.54) is 0 Å². The summed E-state index contributed by atoms with van der Waals surface area (Å²) in [6.07, 6.45) is -7.55. The summed E-state index contributed by atoms with van der Waals surface area (Å²) in [4.78, 5) is 23.9. The van der Waals surface area contributed by atoms with Gasteiger partial charge in [0.2, 0.25) is 11.5 Å². The van der Waals surface area contributed by atoms with Gasteiger partial charge in [-0.05, 0) is 11.1 Å². The summed E-state index contributed by atoms with van der Waals surface area (Å²) >= 11 is 0. The molecule has 2 aliphatic rings. The van der Waals surface area contributed by atoms with Crippen molar-refractivity contribution < 1.29 is 78.9 Å². The molecule has 8 N–H and O–H groups in total. The van der Waals surface area contributed by atoms with Crippen LogP contribution in [-0.4, -0.2) is 129 Å². The first-order valence-electron chi connectivity index (χ1n) is 14.8. The molecule has 0 fully saturated rings. The van der Waals surface area contributed by atoms with Gasteiger partial charge in [0.05, 0.1) is 26.4 Å². The zero-order valence-corrected chi connectivity index (χ0v) is 25.7. The van der Waals surface area contributed by atoms with Gasteiger partial charge in [-0.2, -0.15) is 0 Å². The summed E-state index contributed by atoms with van der Waals surface area (Å²) in [5, 5.41) is 74.1. The molecule has 0 saturated heterocycles. The van der Waals surface area contributed by atoms with Gasteiger partial charge in [-0.25, -0.2) is 9.59 Å². The molecule has 0 aromatic heterocycles. The third-order valence-corrected chi connectivity index (χ3v) is 6.61. The summed E-state index contributed by atoms with van der Waals surface area (Å²) < 4.78 is 31.4. The van der Waals surface area contributed by atoms with E-state index in [4.69, 9.17) is 48.8 Å². The molecule has 6 atom stereocenters. The van der Waals surface area contributed by atoms with Crippen LogP contribution in [0.15, 0.2) is 83.7 Å². The number of ether oxygens (including phenoxy) is 6. The number of benzene rings is 2. The van der Waals surface area contributed by atoms with Gasteiger partial charge in [0, 0.05) is 0 Å². The molecule has 0 radical (unpaired) electrons. The van der Waals surface area contributed by atoms with Gasteiger partial charge >= 0.3 is 11.9 Å². The second-order valence-corrected chi connectivity index (χ2v) is 10.4. The number of aliphatic hydroxyl groups excluding tert-OH is 8. The quantitative estimate of drug-likeness (QED) is 0.0803. The third-order valence-electron chi connectivity index (χ3n) is 6.61. The first-order valence-corrected chi connectivity index (χ1v) is 14.8. The Labute approximate surface area is 275 Å². The van der Waals surface area contributed by atoms with Gasteiger partial charge in [-0.15, -0.1) is 0 Å². The Morgan fingerprint density at radius 2 is 0.938 bits per heavy atom. The Morgan fingerprint density at radius 1 is 0.542 bits per heavy atom. The molecule has 16 heteroatoms. The highest BCUT2D eigenvalue weighted by molar-refractivity contribution is 5.90. The van der Waals surface area contributed by atoms with Gasteiger partial charge in [0.25, 0.3) is 0 Å². The number of rotatable bonds is 18. The summed E-state index contributed by atoms with van der Waals surface area (Å²) in [5.74, 6) is -2.42. The maximum Gasteiger partial charge on any atom is 0.378 e. The van der Waals surface area contributed by atoms with Gasteiger partial charge in [0.1, 0.15) is 50.8 Å². The highest BCUT2D eigenvalue weighted by Gasteiger charge is 2.43. The van der Waals surface area contributed by atoms with E-state index in [2.05, 4.69) is 0 Å². The van der Waals surface area contributed by atoms with Crippen molar-refractivity contribution >= 4 is 11.9 Å². The van der Waals surface area contributed by atoms with E-state index in [-0.39, 0.29) is 49.5 Å². The normalized spacial score (nSPS) is 19.8. The van der Waals surface area contributed by atoms with E-state index in [0.717, 1.165) is 11.1 Å². The van der Waals surface area contributed by atoms with E-state index < -0.39 is 75.0 Å². The monoisotopic (exact) mass is 680 g/mol. The Kier molecular flexibility index (Phi) is 15.5. The summed E-state index contributed by atoms with van der Waals surface area (Å²) in [6, 6.07) is 18.2. The number of carbonyl (C=O) groups is 2. The largest absolute Gasteiger partial charge is 0.487 e. The predicted molar refractivity (Wildman–Crippen MR) is 161 cm³/mol. The molecule has 4 rings (SSSR count). The predicted octanol–water partition coefficient (Wildman–Crippen LogP) is -1.87. The van der Waals surface area contributed by atoms with Gasteiger partial charge in [0.15, 0.2) is 23.7 Å². The Hall–Kier alpha value is -4.26.